The summed E-state index contributed by atoms with van der Waals surface area (Å²) in [5.41, 5.74) is 2.42. The first-order chi connectivity index (χ1) is 27.5. The molecule has 8 atom stereocenters. The zero-order valence-corrected chi connectivity index (χ0v) is 34.7. The third-order valence-corrected chi connectivity index (χ3v) is 10.8. The van der Waals surface area contributed by atoms with E-state index in [0.29, 0.717) is 52.2 Å². The normalized spacial score (nSPS) is 24.2. The zero-order chi connectivity index (χ0) is 40.6. The van der Waals surface area contributed by atoms with Crippen molar-refractivity contribution in [2.45, 2.75) is 142 Å². The van der Waals surface area contributed by atoms with Crippen LogP contribution in [-0.2, 0) is 48.3 Å². The van der Waals surface area contributed by atoms with E-state index >= 15 is 0 Å². The molecule has 2 saturated heterocycles. The van der Waals surface area contributed by atoms with Gasteiger partial charge in [0.15, 0.2) is 0 Å². The van der Waals surface area contributed by atoms with Crippen molar-refractivity contribution in [1.29, 1.82) is 0 Å². The van der Waals surface area contributed by atoms with Crippen LogP contribution in [0.2, 0.25) is 0 Å². The molecule has 0 aromatic heterocycles. The molecule has 2 heterocycles. The van der Waals surface area contributed by atoms with Gasteiger partial charge in [0.2, 0.25) is 5.91 Å². The lowest BCUT2D eigenvalue weighted by atomic mass is 9.88. The van der Waals surface area contributed by atoms with Gasteiger partial charge in [-0.05, 0) is 75.0 Å². The zero-order valence-electron chi connectivity index (χ0n) is 34.7. The molecule has 0 radical (unpaired) electrons. The van der Waals surface area contributed by atoms with Crippen LogP contribution in [-0.4, -0.2) is 83.9 Å². The molecule has 5 rings (SSSR count). The maximum absolute atomic E-state index is 13.9. The van der Waals surface area contributed by atoms with Gasteiger partial charge in [-0.1, -0.05) is 124 Å². The fourth-order valence-electron chi connectivity index (χ4n) is 7.89. The van der Waals surface area contributed by atoms with Crippen molar-refractivity contribution in [1.82, 2.24) is 10.2 Å². The van der Waals surface area contributed by atoms with Gasteiger partial charge in [0.05, 0.1) is 32.0 Å². The van der Waals surface area contributed by atoms with Crippen LogP contribution < -0.4 is 5.32 Å². The molecule has 8 unspecified atom stereocenters. The number of nitrogens with zero attached hydrogens (tertiary/aromatic N) is 1. The molecule has 0 spiro atoms. The van der Waals surface area contributed by atoms with Crippen molar-refractivity contribution < 1.29 is 38.4 Å². The van der Waals surface area contributed by atoms with Crippen LogP contribution in [0.1, 0.15) is 96.3 Å². The highest BCUT2D eigenvalue weighted by molar-refractivity contribution is 5.86. The minimum Gasteiger partial charge on any atom is -0.444 e. The van der Waals surface area contributed by atoms with Crippen molar-refractivity contribution in [3.63, 3.8) is 0 Å². The van der Waals surface area contributed by atoms with Crippen molar-refractivity contribution in [2.24, 2.45) is 11.8 Å². The molecule has 2 aliphatic rings. The topological polar surface area (TPSA) is 116 Å². The first kappa shape index (κ1) is 44.3. The summed E-state index contributed by atoms with van der Waals surface area (Å²) in [4.78, 5) is 28.8. The van der Waals surface area contributed by atoms with Gasteiger partial charge in [-0.25, -0.2) is 4.79 Å². The van der Waals surface area contributed by atoms with E-state index in [-0.39, 0.29) is 24.3 Å². The third kappa shape index (κ3) is 13.9. The number of likely N-dealkylation sites (tertiary alicyclic amines) is 1. The molecule has 2 aliphatic heterocycles. The van der Waals surface area contributed by atoms with E-state index < -0.39 is 48.3 Å². The van der Waals surface area contributed by atoms with Gasteiger partial charge >= 0.3 is 6.09 Å². The minimum absolute atomic E-state index is 0.0233. The molecule has 10 nitrogen and oxygen atoms in total. The Hall–Kier alpha value is -3.80. The Morgan fingerprint density at radius 2 is 1.32 bits per heavy atom. The number of benzene rings is 3. The molecular weight excluding hydrogens is 721 g/mol. The number of carbonyl (C=O) groups excluding carboxylic acids is 2. The van der Waals surface area contributed by atoms with Crippen molar-refractivity contribution in [3.05, 3.63) is 108 Å². The Morgan fingerprint density at radius 3 is 1.82 bits per heavy atom. The number of carbonyl (C=O) groups is 2. The van der Waals surface area contributed by atoms with Crippen molar-refractivity contribution in [3.8, 4) is 0 Å². The second-order valence-electron chi connectivity index (χ2n) is 16.8. The number of ether oxygens (including phenoxy) is 5. The Bertz CT molecular complexity index is 1600. The maximum atomic E-state index is 13.9. The van der Waals surface area contributed by atoms with E-state index in [2.05, 4.69) is 19.2 Å². The van der Waals surface area contributed by atoms with Crippen LogP contribution in [0, 0.1) is 11.8 Å². The second kappa shape index (κ2) is 22.4. The lowest BCUT2D eigenvalue weighted by Crippen LogP contribution is -2.60. The molecule has 2 N–H and O–H groups in total. The summed E-state index contributed by atoms with van der Waals surface area (Å²) in [7, 11) is 0. The van der Waals surface area contributed by atoms with Crippen molar-refractivity contribution in [2.75, 3.05) is 19.7 Å². The van der Waals surface area contributed by atoms with Gasteiger partial charge in [0, 0.05) is 19.7 Å². The molecular formula is C47H66N2O8. The number of hydrogen-bond acceptors (Lipinski definition) is 8. The van der Waals surface area contributed by atoms with E-state index in [0.717, 1.165) is 42.4 Å². The summed E-state index contributed by atoms with van der Waals surface area (Å²) < 4.78 is 32.9. The Balaban J connectivity index is 1.34. The van der Waals surface area contributed by atoms with E-state index in [1.807, 2.05) is 112 Å². The van der Waals surface area contributed by atoms with Crippen LogP contribution in [0.5, 0.6) is 0 Å². The fraction of sp³-hybridized carbons (Fsp3) is 0.574. The Morgan fingerprint density at radius 1 is 0.789 bits per heavy atom. The van der Waals surface area contributed by atoms with E-state index in [4.69, 9.17) is 23.7 Å². The minimum atomic E-state index is -0.659. The van der Waals surface area contributed by atoms with Crippen LogP contribution in [0.4, 0.5) is 4.79 Å². The molecule has 10 heteroatoms. The van der Waals surface area contributed by atoms with Gasteiger partial charge in [-0.15, -0.1) is 0 Å². The molecule has 2 amide bonds. The number of hydrogen-bond donors (Lipinski definition) is 2. The number of rotatable bonds is 20. The Kier molecular flexibility index (Phi) is 17.4. The first-order valence-corrected chi connectivity index (χ1v) is 21.0. The van der Waals surface area contributed by atoms with Crippen molar-refractivity contribution >= 4 is 12.0 Å². The van der Waals surface area contributed by atoms with E-state index in [9.17, 15) is 14.7 Å². The Labute approximate surface area is 340 Å². The van der Waals surface area contributed by atoms with Crippen LogP contribution >= 0.6 is 0 Å². The standard InChI is InChI=1S/C47H66N2O8/c1-6-7-11-24-38-28-39(49(30-38)46(52)57-47(3,4)5)45(51)48-29-34(2)27-41-43(54-32-36-20-14-9-15-21-36)44(55-33-37-22-16-10-17-23-37)42(40(56-41)25-26-50)53-31-35-18-12-8-13-19-35/h8-10,12-23,34,38-44,50H,6-7,11,24-33H2,1-5H3,(H,48,51). The molecule has 3 aromatic carbocycles. The molecule has 0 saturated carbocycles. The average molecular weight is 787 g/mol. The summed E-state index contributed by atoms with van der Waals surface area (Å²) >= 11 is 0. The lowest BCUT2D eigenvalue weighted by molar-refractivity contribution is -0.269. The largest absolute Gasteiger partial charge is 0.444 e. The highest BCUT2D eigenvalue weighted by atomic mass is 16.6. The highest BCUT2D eigenvalue weighted by Crippen LogP contribution is 2.35. The van der Waals surface area contributed by atoms with Crippen LogP contribution in [0.3, 0.4) is 0 Å². The van der Waals surface area contributed by atoms with Gasteiger partial charge in [0.1, 0.15) is 30.0 Å². The molecule has 2 fully saturated rings. The summed E-state index contributed by atoms with van der Waals surface area (Å²) in [5.74, 6) is 0.0670. The second-order valence-corrected chi connectivity index (χ2v) is 16.8. The summed E-state index contributed by atoms with van der Waals surface area (Å²) in [6.07, 6.45) is 2.94. The predicted molar refractivity (Wildman–Crippen MR) is 221 cm³/mol. The fourth-order valence-corrected chi connectivity index (χ4v) is 7.89. The van der Waals surface area contributed by atoms with Crippen LogP contribution in [0.25, 0.3) is 0 Å². The molecule has 312 valence electrons. The molecule has 3 aromatic rings. The number of aliphatic hydroxyl groups excluding tert-OH is 1. The monoisotopic (exact) mass is 786 g/mol. The molecule has 0 bridgehead atoms. The van der Waals surface area contributed by atoms with E-state index in [1.54, 1.807) is 4.90 Å². The quantitative estimate of drug-likeness (QED) is 0.110. The maximum Gasteiger partial charge on any atom is 0.410 e. The summed E-state index contributed by atoms with van der Waals surface area (Å²) in [5, 5.41) is 13.4. The SMILES string of the molecule is CCCCCC1CC(C(=O)NCC(C)CC2OC(CCO)C(OCc3ccccc3)C(OCc3ccccc3)C2OCc2ccccc2)N(C(=O)OC(C)(C)C)C1. The first-order valence-electron chi connectivity index (χ1n) is 21.0. The summed E-state index contributed by atoms with van der Waals surface area (Å²) in [6, 6.07) is 29.5. The van der Waals surface area contributed by atoms with Gasteiger partial charge < -0.3 is 34.1 Å². The van der Waals surface area contributed by atoms with Gasteiger partial charge in [-0.3, -0.25) is 9.69 Å². The number of nitrogens with one attached hydrogen (secondary N) is 1. The van der Waals surface area contributed by atoms with Gasteiger partial charge in [0.25, 0.3) is 0 Å². The van der Waals surface area contributed by atoms with Gasteiger partial charge in [-0.2, -0.15) is 0 Å². The average Bonchev–Trinajstić information content (AvgIpc) is 3.64. The predicted octanol–water partition coefficient (Wildman–Crippen LogP) is 8.24. The summed E-state index contributed by atoms with van der Waals surface area (Å²) in [6.45, 7) is 11.7. The third-order valence-electron chi connectivity index (χ3n) is 10.8. The number of amides is 2. The lowest BCUT2D eigenvalue weighted by Gasteiger charge is -2.47. The number of unbranched alkanes of at least 4 members (excludes halogenated alkanes) is 2. The number of aliphatic hydroxyl groups is 1. The van der Waals surface area contributed by atoms with E-state index in [1.165, 1.54) is 0 Å². The van der Waals surface area contributed by atoms with Crippen LogP contribution in [0.15, 0.2) is 91.0 Å². The smallest absolute Gasteiger partial charge is 0.410 e. The molecule has 0 aliphatic carbocycles. The molecule has 57 heavy (non-hydrogen) atoms. The highest BCUT2D eigenvalue weighted by Gasteiger charge is 2.48.